The van der Waals surface area contributed by atoms with Gasteiger partial charge in [-0.2, -0.15) is 0 Å². The normalized spacial score (nSPS) is 11.9. The minimum Gasteiger partial charge on any atom is -0.299 e. The van der Waals surface area contributed by atoms with Gasteiger partial charge in [0.05, 0.1) is 5.69 Å². The van der Waals surface area contributed by atoms with E-state index in [2.05, 4.69) is 25.7 Å². The zero-order valence-corrected chi connectivity index (χ0v) is 18.0. The summed E-state index contributed by atoms with van der Waals surface area (Å²) < 4.78 is 2.42. The summed E-state index contributed by atoms with van der Waals surface area (Å²) in [6, 6.07) is 7.36. The predicted molar refractivity (Wildman–Crippen MR) is 112 cm³/mol. The number of carbonyl (C=O) groups is 1. The lowest BCUT2D eigenvalue weighted by molar-refractivity contribution is 0.103. The van der Waals surface area contributed by atoms with Crippen LogP contribution in [0.15, 0.2) is 33.9 Å². The molecule has 0 bridgehead atoms. The minimum absolute atomic E-state index is 0.0255. The Hall–Kier alpha value is -2.47. The molecule has 0 aliphatic carbocycles. The first-order valence-corrected chi connectivity index (χ1v) is 9.69. The number of aromatic nitrogens is 2. The molecule has 0 amide bonds. The number of ketones is 1. The molecule has 0 aliphatic heterocycles. The molecule has 1 aromatic heterocycles. The minimum atomic E-state index is -0.546. The Balaban J connectivity index is 2.64. The van der Waals surface area contributed by atoms with E-state index in [-0.39, 0.29) is 16.8 Å². The topological polar surface area (TPSA) is 64.3 Å². The summed E-state index contributed by atoms with van der Waals surface area (Å²) in [6.07, 6.45) is 0. The number of benzene rings is 1. The molecule has 0 radical (unpaired) electrons. The van der Waals surface area contributed by atoms with Gasteiger partial charge in [0.15, 0.2) is 5.78 Å². The van der Waals surface area contributed by atoms with E-state index in [1.807, 2.05) is 26.0 Å². The first kappa shape index (κ1) is 21.8. The smallest absolute Gasteiger partial charge is 0.299 e. The maximum absolute atomic E-state index is 13.3. The van der Waals surface area contributed by atoms with Crippen molar-refractivity contribution in [2.75, 3.05) is 13.1 Å². The number of hydrogen-bond donors (Lipinski definition) is 0. The van der Waals surface area contributed by atoms with Crippen LogP contribution in [-0.2, 0) is 26.1 Å². The van der Waals surface area contributed by atoms with E-state index in [1.165, 1.54) is 11.6 Å². The zero-order valence-electron chi connectivity index (χ0n) is 18.0. The highest BCUT2D eigenvalue weighted by Gasteiger charge is 2.24. The molecule has 0 atom stereocenters. The standard InChI is InChI=1S/C22H31N3O3/c1-8-25(9-2)14-17-18(20(27)24(7)21(28)23(17)6)19(26)15-10-12-16(13-11-15)22(3,4)5/h10-13H,8-9,14H2,1-7H3. The van der Waals surface area contributed by atoms with Crippen LogP contribution in [0.25, 0.3) is 0 Å². The maximum atomic E-state index is 13.3. The van der Waals surface area contributed by atoms with Crippen molar-refractivity contribution in [3.63, 3.8) is 0 Å². The van der Waals surface area contributed by atoms with Gasteiger partial charge in [-0.05, 0) is 24.1 Å². The fraction of sp³-hybridized carbons (Fsp3) is 0.500. The summed E-state index contributed by atoms with van der Waals surface area (Å²) in [6.45, 7) is 12.2. The Kier molecular flexibility index (Phi) is 6.44. The molecular weight excluding hydrogens is 354 g/mol. The molecule has 0 saturated carbocycles. The molecule has 28 heavy (non-hydrogen) atoms. The van der Waals surface area contributed by atoms with Crippen molar-refractivity contribution in [1.29, 1.82) is 0 Å². The number of hydrogen-bond acceptors (Lipinski definition) is 4. The van der Waals surface area contributed by atoms with Gasteiger partial charge in [-0.25, -0.2) is 4.79 Å². The SMILES string of the molecule is CCN(CC)Cc1c(C(=O)c2ccc(C(C)(C)C)cc2)c(=O)n(C)c(=O)n1C. The second kappa shape index (κ2) is 8.27. The Bertz CT molecular complexity index is 972. The highest BCUT2D eigenvalue weighted by molar-refractivity contribution is 6.09. The van der Waals surface area contributed by atoms with Crippen molar-refractivity contribution in [3.8, 4) is 0 Å². The zero-order chi connectivity index (χ0) is 21.2. The molecule has 2 aromatic rings. The van der Waals surface area contributed by atoms with E-state index in [0.717, 1.165) is 23.2 Å². The van der Waals surface area contributed by atoms with Crippen molar-refractivity contribution in [2.45, 2.75) is 46.6 Å². The van der Waals surface area contributed by atoms with E-state index in [9.17, 15) is 14.4 Å². The molecule has 1 heterocycles. The summed E-state index contributed by atoms with van der Waals surface area (Å²) in [4.78, 5) is 40.7. The first-order chi connectivity index (χ1) is 13.0. The highest BCUT2D eigenvalue weighted by atomic mass is 16.2. The summed E-state index contributed by atoms with van der Waals surface area (Å²) in [5, 5.41) is 0. The molecule has 0 fully saturated rings. The Morgan fingerprint density at radius 2 is 1.50 bits per heavy atom. The lowest BCUT2D eigenvalue weighted by Crippen LogP contribution is -2.43. The average molecular weight is 386 g/mol. The number of rotatable bonds is 6. The van der Waals surface area contributed by atoms with Crippen LogP contribution in [0.5, 0.6) is 0 Å². The van der Waals surface area contributed by atoms with Crippen LogP contribution < -0.4 is 11.2 Å². The molecule has 0 spiro atoms. The van der Waals surface area contributed by atoms with Gasteiger partial charge in [0.25, 0.3) is 5.56 Å². The van der Waals surface area contributed by atoms with E-state index in [4.69, 9.17) is 0 Å². The molecule has 2 rings (SSSR count). The fourth-order valence-electron chi connectivity index (χ4n) is 3.22. The quantitative estimate of drug-likeness (QED) is 0.717. The summed E-state index contributed by atoms with van der Waals surface area (Å²) >= 11 is 0. The molecule has 0 unspecified atom stereocenters. The lowest BCUT2D eigenvalue weighted by Gasteiger charge is -2.22. The van der Waals surface area contributed by atoms with E-state index in [0.29, 0.717) is 17.8 Å². The van der Waals surface area contributed by atoms with Crippen molar-refractivity contribution in [2.24, 2.45) is 14.1 Å². The van der Waals surface area contributed by atoms with Gasteiger partial charge in [-0.1, -0.05) is 58.9 Å². The molecule has 0 saturated heterocycles. The van der Waals surface area contributed by atoms with Gasteiger partial charge >= 0.3 is 5.69 Å². The molecule has 1 aromatic carbocycles. The van der Waals surface area contributed by atoms with E-state index in [1.54, 1.807) is 19.2 Å². The summed E-state index contributed by atoms with van der Waals surface area (Å²) in [5.74, 6) is -0.348. The van der Waals surface area contributed by atoms with Gasteiger partial charge in [-0.3, -0.25) is 23.6 Å². The van der Waals surface area contributed by atoms with E-state index >= 15 is 0 Å². The van der Waals surface area contributed by atoms with Crippen LogP contribution in [0.3, 0.4) is 0 Å². The molecule has 152 valence electrons. The average Bonchev–Trinajstić information content (AvgIpc) is 2.67. The second-order valence-electron chi connectivity index (χ2n) is 8.15. The molecule has 6 heteroatoms. The lowest BCUT2D eigenvalue weighted by atomic mass is 9.86. The van der Waals surface area contributed by atoms with Crippen molar-refractivity contribution in [3.05, 3.63) is 67.5 Å². The van der Waals surface area contributed by atoms with E-state index < -0.39 is 11.2 Å². The van der Waals surface area contributed by atoms with Crippen LogP contribution in [-0.4, -0.2) is 32.9 Å². The van der Waals surface area contributed by atoms with Crippen molar-refractivity contribution in [1.82, 2.24) is 14.0 Å². The van der Waals surface area contributed by atoms with Gasteiger partial charge < -0.3 is 0 Å². The van der Waals surface area contributed by atoms with Crippen LogP contribution in [0.1, 0.15) is 61.8 Å². The largest absolute Gasteiger partial charge is 0.330 e. The fourth-order valence-corrected chi connectivity index (χ4v) is 3.22. The highest BCUT2D eigenvalue weighted by Crippen LogP contribution is 2.23. The summed E-state index contributed by atoms with van der Waals surface area (Å²) in [5.41, 5.74) is 1.09. The summed E-state index contributed by atoms with van der Waals surface area (Å²) in [7, 11) is 3.02. The van der Waals surface area contributed by atoms with Gasteiger partial charge in [0.2, 0.25) is 0 Å². The Labute approximate surface area is 166 Å². The third-order valence-electron chi connectivity index (χ3n) is 5.29. The Morgan fingerprint density at radius 1 is 0.964 bits per heavy atom. The first-order valence-electron chi connectivity index (χ1n) is 9.69. The van der Waals surface area contributed by atoms with Crippen molar-refractivity contribution < 1.29 is 4.79 Å². The molecule has 6 nitrogen and oxygen atoms in total. The van der Waals surface area contributed by atoms with Crippen LogP contribution in [0, 0.1) is 0 Å². The van der Waals surface area contributed by atoms with Crippen LogP contribution >= 0.6 is 0 Å². The van der Waals surface area contributed by atoms with Gasteiger partial charge in [0, 0.05) is 26.2 Å². The van der Waals surface area contributed by atoms with Gasteiger partial charge in [0.1, 0.15) is 5.56 Å². The third kappa shape index (κ3) is 4.17. The van der Waals surface area contributed by atoms with Crippen LogP contribution in [0.2, 0.25) is 0 Å². The molecule has 0 N–H and O–H groups in total. The molecular formula is C22H31N3O3. The number of carbonyl (C=O) groups excluding carboxylic acids is 1. The van der Waals surface area contributed by atoms with Gasteiger partial charge in [-0.15, -0.1) is 0 Å². The number of nitrogens with zero attached hydrogens (tertiary/aromatic N) is 3. The monoisotopic (exact) mass is 385 g/mol. The second-order valence-corrected chi connectivity index (χ2v) is 8.15. The molecule has 0 aliphatic rings. The van der Waals surface area contributed by atoms with Crippen molar-refractivity contribution >= 4 is 5.78 Å². The maximum Gasteiger partial charge on any atom is 0.330 e. The van der Waals surface area contributed by atoms with Crippen LogP contribution in [0.4, 0.5) is 0 Å². The Morgan fingerprint density at radius 3 is 1.96 bits per heavy atom. The third-order valence-corrected chi connectivity index (χ3v) is 5.29. The predicted octanol–water partition coefficient (Wildman–Crippen LogP) is 2.45.